The third-order valence-electron chi connectivity index (χ3n) is 5.10. The number of hydrogen-bond acceptors (Lipinski definition) is 2. The van der Waals surface area contributed by atoms with Crippen LogP contribution in [0.3, 0.4) is 0 Å². The normalized spacial score (nSPS) is 23.8. The summed E-state index contributed by atoms with van der Waals surface area (Å²) in [6.45, 7) is 8.53. The molecule has 0 unspecified atom stereocenters. The molecule has 110 valence electrons. The summed E-state index contributed by atoms with van der Waals surface area (Å²) in [5.74, 6) is 2.93. The lowest BCUT2D eigenvalue weighted by atomic mass is 10.1. The predicted molar refractivity (Wildman–Crippen MR) is 81.3 cm³/mol. The van der Waals surface area contributed by atoms with Gasteiger partial charge in [-0.1, -0.05) is 13.8 Å². The minimum atomic E-state index is 0.847. The molecule has 0 bridgehead atoms. The largest absolute Gasteiger partial charge is 0.312 e. The van der Waals surface area contributed by atoms with Crippen LogP contribution in [0.5, 0.6) is 0 Å². The molecule has 0 radical (unpaired) electrons. The van der Waals surface area contributed by atoms with Crippen LogP contribution in [0.1, 0.15) is 58.8 Å². The van der Waals surface area contributed by atoms with Crippen molar-refractivity contribution in [1.29, 1.82) is 0 Å². The lowest BCUT2D eigenvalue weighted by molar-refractivity contribution is 0.240. The van der Waals surface area contributed by atoms with Gasteiger partial charge in [-0.05, 0) is 69.2 Å². The highest BCUT2D eigenvalue weighted by Gasteiger charge is 2.41. The Morgan fingerprint density at radius 1 is 0.947 bits per heavy atom. The Hall–Kier alpha value is -0.0800. The molecule has 2 heteroatoms. The molecule has 3 saturated carbocycles. The van der Waals surface area contributed by atoms with Crippen LogP contribution in [0.25, 0.3) is 0 Å². The van der Waals surface area contributed by atoms with Crippen molar-refractivity contribution >= 4 is 0 Å². The maximum atomic E-state index is 3.90. The van der Waals surface area contributed by atoms with E-state index in [-0.39, 0.29) is 0 Å². The van der Waals surface area contributed by atoms with E-state index in [1.54, 1.807) is 0 Å². The molecule has 0 heterocycles. The molecule has 3 aliphatic carbocycles. The number of nitrogens with zero attached hydrogens (tertiary/aromatic N) is 1. The zero-order chi connectivity index (χ0) is 13.2. The average Bonchev–Trinajstić information content (AvgIpc) is 3.25. The van der Waals surface area contributed by atoms with Gasteiger partial charge in [0.2, 0.25) is 0 Å². The van der Waals surface area contributed by atoms with Crippen LogP contribution in [-0.4, -0.2) is 36.6 Å². The first-order chi connectivity index (χ1) is 9.24. The molecule has 0 aromatic heterocycles. The smallest absolute Gasteiger partial charge is 0.0124 e. The van der Waals surface area contributed by atoms with E-state index >= 15 is 0 Å². The Kier molecular flexibility index (Phi) is 4.48. The van der Waals surface area contributed by atoms with Gasteiger partial charge in [-0.25, -0.2) is 0 Å². The maximum Gasteiger partial charge on any atom is 0.0124 e. The molecule has 0 aliphatic heterocycles. The molecular formula is C17H32N2. The molecule has 19 heavy (non-hydrogen) atoms. The zero-order valence-electron chi connectivity index (χ0n) is 12.9. The van der Waals surface area contributed by atoms with Crippen molar-refractivity contribution in [2.24, 2.45) is 17.8 Å². The van der Waals surface area contributed by atoms with E-state index in [1.807, 2.05) is 0 Å². The third kappa shape index (κ3) is 4.46. The molecule has 0 aromatic carbocycles. The van der Waals surface area contributed by atoms with Crippen LogP contribution in [-0.2, 0) is 0 Å². The minimum Gasteiger partial charge on any atom is -0.312 e. The van der Waals surface area contributed by atoms with Crippen molar-refractivity contribution in [3.05, 3.63) is 0 Å². The van der Waals surface area contributed by atoms with Gasteiger partial charge < -0.3 is 5.32 Å². The summed E-state index contributed by atoms with van der Waals surface area (Å²) in [6, 6.07) is 1.81. The summed E-state index contributed by atoms with van der Waals surface area (Å²) in [6.07, 6.45) is 10.2. The van der Waals surface area contributed by atoms with Gasteiger partial charge in [-0.2, -0.15) is 0 Å². The van der Waals surface area contributed by atoms with E-state index in [0.717, 1.165) is 29.8 Å². The van der Waals surface area contributed by atoms with Gasteiger partial charge in [0.05, 0.1) is 0 Å². The quantitative estimate of drug-likeness (QED) is 0.651. The highest BCUT2D eigenvalue weighted by Crippen LogP contribution is 2.44. The number of nitrogens with one attached hydrogen (secondary N) is 1. The van der Waals surface area contributed by atoms with E-state index in [0.29, 0.717) is 0 Å². The van der Waals surface area contributed by atoms with E-state index < -0.39 is 0 Å². The standard InChI is InChI=1S/C17H32N2/c1-13(2)9-11-19(16-7-8-16)12-10-18-17(14-3-4-14)15-5-6-15/h13-18H,3-12H2,1-2H3. The van der Waals surface area contributed by atoms with Gasteiger partial charge in [-0.15, -0.1) is 0 Å². The van der Waals surface area contributed by atoms with Crippen molar-refractivity contribution in [2.75, 3.05) is 19.6 Å². The molecule has 2 nitrogen and oxygen atoms in total. The minimum absolute atomic E-state index is 0.847. The van der Waals surface area contributed by atoms with Gasteiger partial charge in [0, 0.05) is 25.2 Å². The van der Waals surface area contributed by atoms with Crippen molar-refractivity contribution in [2.45, 2.75) is 70.9 Å². The van der Waals surface area contributed by atoms with Gasteiger partial charge in [0.1, 0.15) is 0 Å². The zero-order valence-corrected chi connectivity index (χ0v) is 12.9. The summed E-state index contributed by atoms with van der Waals surface area (Å²) < 4.78 is 0. The summed E-state index contributed by atoms with van der Waals surface area (Å²) >= 11 is 0. The van der Waals surface area contributed by atoms with Gasteiger partial charge in [-0.3, -0.25) is 4.90 Å². The fourth-order valence-electron chi connectivity index (χ4n) is 3.34. The second kappa shape index (κ2) is 6.13. The Labute approximate surface area is 119 Å². The van der Waals surface area contributed by atoms with E-state index in [9.17, 15) is 0 Å². The van der Waals surface area contributed by atoms with Crippen LogP contribution in [0.2, 0.25) is 0 Å². The SMILES string of the molecule is CC(C)CCN(CCNC(C1CC1)C1CC1)C1CC1. The molecule has 0 aromatic rings. The van der Waals surface area contributed by atoms with Crippen molar-refractivity contribution in [3.63, 3.8) is 0 Å². The first kappa shape index (κ1) is 13.9. The van der Waals surface area contributed by atoms with Gasteiger partial charge >= 0.3 is 0 Å². The van der Waals surface area contributed by atoms with E-state index in [4.69, 9.17) is 0 Å². The topological polar surface area (TPSA) is 15.3 Å². The van der Waals surface area contributed by atoms with Gasteiger partial charge in [0.15, 0.2) is 0 Å². The Morgan fingerprint density at radius 2 is 1.58 bits per heavy atom. The Morgan fingerprint density at radius 3 is 2.05 bits per heavy atom. The Balaban J connectivity index is 1.36. The molecule has 0 amide bonds. The predicted octanol–water partition coefficient (Wildman–Crippen LogP) is 3.28. The van der Waals surface area contributed by atoms with Crippen molar-refractivity contribution < 1.29 is 0 Å². The molecule has 3 rings (SSSR count). The first-order valence-corrected chi connectivity index (χ1v) is 8.71. The lowest BCUT2D eigenvalue weighted by Gasteiger charge is -2.25. The molecule has 0 saturated heterocycles. The second-order valence-electron chi connectivity index (χ2n) is 7.60. The third-order valence-corrected chi connectivity index (χ3v) is 5.10. The van der Waals surface area contributed by atoms with Crippen LogP contribution in [0.4, 0.5) is 0 Å². The fourth-order valence-corrected chi connectivity index (χ4v) is 3.34. The van der Waals surface area contributed by atoms with Gasteiger partial charge in [0.25, 0.3) is 0 Å². The van der Waals surface area contributed by atoms with Crippen LogP contribution >= 0.6 is 0 Å². The van der Waals surface area contributed by atoms with E-state index in [1.165, 1.54) is 64.6 Å². The number of rotatable bonds is 10. The molecule has 0 atom stereocenters. The monoisotopic (exact) mass is 264 g/mol. The Bertz CT molecular complexity index is 265. The summed E-state index contributed by atoms with van der Waals surface area (Å²) in [4.78, 5) is 2.75. The summed E-state index contributed by atoms with van der Waals surface area (Å²) in [5, 5.41) is 3.90. The van der Waals surface area contributed by atoms with Crippen LogP contribution in [0, 0.1) is 17.8 Å². The molecular weight excluding hydrogens is 232 g/mol. The average molecular weight is 264 g/mol. The summed E-state index contributed by atoms with van der Waals surface area (Å²) in [7, 11) is 0. The van der Waals surface area contributed by atoms with Crippen molar-refractivity contribution in [3.8, 4) is 0 Å². The first-order valence-electron chi connectivity index (χ1n) is 8.71. The fraction of sp³-hybridized carbons (Fsp3) is 1.00. The van der Waals surface area contributed by atoms with Crippen molar-refractivity contribution in [1.82, 2.24) is 10.2 Å². The lowest BCUT2D eigenvalue weighted by Crippen LogP contribution is -2.40. The highest BCUT2D eigenvalue weighted by molar-refractivity contribution is 4.96. The number of hydrogen-bond donors (Lipinski definition) is 1. The van der Waals surface area contributed by atoms with Crippen LogP contribution in [0.15, 0.2) is 0 Å². The second-order valence-corrected chi connectivity index (χ2v) is 7.60. The molecule has 1 N–H and O–H groups in total. The molecule has 3 aliphatic rings. The van der Waals surface area contributed by atoms with E-state index in [2.05, 4.69) is 24.1 Å². The highest BCUT2D eigenvalue weighted by atomic mass is 15.2. The molecule has 0 spiro atoms. The molecule has 3 fully saturated rings. The van der Waals surface area contributed by atoms with Crippen LogP contribution < -0.4 is 5.32 Å². The summed E-state index contributed by atoms with van der Waals surface area (Å²) in [5.41, 5.74) is 0. The maximum absolute atomic E-state index is 3.90.